The Morgan fingerprint density at radius 3 is 1.20 bits per heavy atom. The molecule has 0 fully saturated rings. The van der Waals surface area contributed by atoms with Gasteiger partial charge in [0.15, 0.2) is 6.10 Å². The number of allylic oxidation sites excluding steroid dienone is 28. The van der Waals surface area contributed by atoms with Crippen molar-refractivity contribution < 1.29 is 28.6 Å². The average molecular weight is 877 g/mol. The van der Waals surface area contributed by atoms with Crippen LogP contribution in [0.3, 0.4) is 0 Å². The van der Waals surface area contributed by atoms with Gasteiger partial charge in [0.1, 0.15) is 13.2 Å². The van der Waals surface area contributed by atoms with Gasteiger partial charge >= 0.3 is 17.9 Å². The molecule has 0 N–H and O–H groups in total. The molecular formula is C58H84O6. The van der Waals surface area contributed by atoms with Crippen LogP contribution < -0.4 is 0 Å². The molecule has 0 heterocycles. The zero-order valence-corrected chi connectivity index (χ0v) is 40.0. The highest BCUT2D eigenvalue weighted by Gasteiger charge is 2.19. The highest BCUT2D eigenvalue weighted by atomic mass is 16.6. The smallest absolute Gasteiger partial charge is 0.306 e. The second kappa shape index (κ2) is 50.4. The third-order valence-electron chi connectivity index (χ3n) is 9.21. The van der Waals surface area contributed by atoms with E-state index in [1.807, 2.05) is 97.2 Å². The number of rotatable bonds is 40. The summed E-state index contributed by atoms with van der Waals surface area (Å²) in [5.74, 6) is -1.08. The molecule has 0 rings (SSSR count). The molecule has 1 atom stereocenters. The van der Waals surface area contributed by atoms with Gasteiger partial charge in [-0.15, -0.1) is 0 Å². The van der Waals surface area contributed by atoms with E-state index in [0.717, 1.165) is 96.3 Å². The zero-order valence-electron chi connectivity index (χ0n) is 40.0. The van der Waals surface area contributed by atoms with Crippen molar-refractivity contribution >= 4 is 17.9 Å². The van der Waals surface area contributed by atoms with E-state index in [2.05, 4.69) is 93.7 Å². The van der Waals surface area contributed by atoms with Gasteiger partial charge in [-0.3, -0.25) is 14.4 Å². The van der Waals surface area contributed by atoms with Gasteiger partial charge in [-0.1, -0.05) is 223 Å². The monoisotopic (exact) mass is 877 g/mol. The fraction of sp³-hybridized carbons (Fsp3) is 0.466. The Hall–Kier alpha value is -5.23. The van der Waals surface area contributed by atoms with Gasteiger partial charge in [0.25, 0.3) is 0 Å². The highest BCUT2D eigenvalue weighted by Crippen LogP contribution is 2.11. The minimum absolute atomic E-state index is 0.135. The van der Waals surface area contributed by atoms with Crippen LogP contribution in [0.5, 0.6) is 0 Å². The van der Waals surface area contributed by atoms with Crippen LogP contribution in [0.4, 0.5) is 0 Å². The third kappa shape index (κ3) is 47.8. The fourth-order valence-corrected chi connectivity index (χ4v) is 5.64. The first kappa shape index (κ1) is 58.8. The molecule has 0 spiro atoms. The van der Waals surface area contributed by atoms with E-state index in [4.69, 9.17) is 14.2 Å². The molecule has 6 heteroatoms. The maximum Gasteiger partial charge on any atom is 0.306 e. The molecule has 0 saturated carbocycles. The Balaban J connectivity index is 4.63. The predicted molar refractivity (Wildman–Crippen MR) is 274 cm³/mol. The predicted octanol–water partition coefficient (Wildman–Crippen LogP) is 16.0. The first-order valence-corrected chi connectivity index (χ1v) is 24.3. The summed E-state index contributed by atoms with van der Waals surface area (Å²) in [6, 6.07) is 0. The normalized spacial score (nSPS) is 13.6. The first-order chi connectivity index (χ1) is 31.5. The number of carbonyl (C=O) groups excluding carboxylic acids is 3. The minimum atomic E-state index is -0.841. The summed E-state index contributed by atoms with van der Waals surface area (Å²) in [4.78, 5) is 37.9. The number of ether oxygens (including phenoxy) is 3. The van der Waals surface area contributed by atoms with Crippen molar-refractivity contribution in [3.63, 3.8) is 0 Å². The number of hydrogen-bond donors (Lipinski definition) is 0. The Morgan fingerprint density at radius 1 is 0.344 bits per heavy atom. The summed E-state index contributed by atoms with van der Waals surface area (Å²) in [6.45, 7) is 6.13. The van der Waals surface area contributed by atoms with Crippen LogP contribution >= 0.6 is 0 Å². The van der Waals surface area contributed by atoms with E-state index in [1.165, 1.54) is 6.42 Å². The van der Waals surface area contributed by atoms with Crippen LogP contribution in [0.1, 0.15) is 156 Å². The van der Waals surface area contributed by atoms with Crippen molar-refractivity contribution in [1.29, 1.82) is 0 Å². The van der Waals surface area contributed by atoms with Crippen LogP contribution in [0.25, 0.3) is 0 Å². The lowest BCUT2D eigenvalue weighted by Crippen LogP contribution is -2.30. The maximum absolute atomic E-state index is 12.8. The van der Waals surface area contributed by atoms with E-state index in [1.54, 1.807) is 0 Å². The molecule has 0 saturated heterocycles. The van der Waals surface area contributed by atoms with Gasteiger partial charge in [-0.25, -0.2) is 0 Å². The molecule has 64 heavy (non-hydrogen) atoms. The van der Waals surface area contributed by atoms with Gasteiger partial charge in [0.05, 0.1) is 0 Å². The van der Waals surface area contributed by atoms with Gasteiger partial charge in [0, 0.05) is 19.3 Å². The second-order valence-electron chi connectivity index (χ2n) is 15.2. The van der Waals surface area contributed by atoms with Crippen molar-refractivity contribution in [1.82, 2.24) is 0 Å². The molecule has 6 nitrogen and oxygen atoms in total. The zero-order chi connectivity index (χ0) is 46.5. The Morgan fingerprint density at radius 2 is 0.703 bits per heavy atom. The minimum Gasteiger partial charge on any atom is -0.462 e. The Kier molecular flexibility index (Phi) is 46.3. The molecule has 352 valence electrons. The van der Waals surface area contributed by atoms with E-state index in [9.17, 15) is 14.4 Å². The first-order valence-electron chi connectivity index (χ1n) is 24.3. The standard InChI is InChI=1S/C58H84O6/c1-4-7-10-13-16-19-22-24-26-28-30-31-33-36-39-42-45-48-51-57(60)63-54-55(53-62-56(59)50-47-44-41-38-35-21-18-15-12-9-6-3)64-58(61)52-49-46-43-40-37-34-32-29-27-25-23-20-17-14-11-8-5-2/h8-14,16-32,34,37-38,41,55H,4-7,15,33,35-36,39-40,42-54H2,1-3H3/b11-8-,12-9-,13-10-,17-14-,19-16-,21-18-,23-20-,24-22-,27-25-,28-26-,31-30-,32-29+,37-34-,41-38-. The van der Waals surface area contributed by atoms with Gasteiger partial charge < -0.3 is 14.2 Å². The lowest BCUT2D eigenvalue weighted by Gasteiger charge is -2.18. The summed E-state index contributed by atoms with van der Waals surface area (Å²) in [5, 5.41) is 0. The number of hydrogen-bond acceptors (Lipinski definition) is 6. The molecular weight excluding hydrogens is 793 g/mol. The molecule has 0 aromatic carbocycles. The summed E-state index contributed by atoms with van der Waals surface area (Å²) < 4.78 is 16.6. The Bertz CT molecular complexity index is 1570. The fourth-order valence-electron chi connectivity index (χ4n) is 5.64. The lowest BCUT2D eigenvalue weighted by molar-refractivity contribution is -0.167. The second-order valence-corrected chi connectivity index (χ2v) is 15.2. The molecule has 1 unspecified atom stereocenters. The molecule has 0 radical (unpaired) electrons. The molecule has 0 aromatic heterocycles. The molecule has 0 bridgehead atoms. The van der Waals surface area contributed by atoms with Crippen LogP contribution in [0, 0.1) is 0 Å². The van der Waals surface area contributed by atoms with Gasteiger partial charge in [0.2, 0.25) is 0 Å². The number of carbonyl (C=O) groups is 3. The molecule has 0 aliphatic rings. The molecule has 0 aliphatic carbocycles. The van der Waals surface area contributed by atoms with Crippen molar-refractivity contribution in [3.8, 4) is 0 Å². The molecule has 0 amide bonds. The van der Waals surface area contributed by atoms with E-state index >= 15 is 0 Å². The van der Waals surface area contributed by atoms with Gasteiger partial charge in [-0.2, -0.15) is 0 Å². The number of esters is 3. The lowest BCUT2D eigenvalue weighted by atomic mass is 10.1. The van der Waals surface area contributed by atoms with E-state index in [0.29, 0.717) is 19.3 Å². The van der Waals surface area contributed by atoms with E-state index in [-0.39, 0.29) is 44.0 Å². The van der Waals surface area contributed by atoms with Crippen molar-refractivity contribution in [2.75, 3.05) is 13.2 Å². The summed E-state index contributed by atoms with van der Waals surface area (Å²) in [7, 11) is 0. The quantitative estimate of drug-likeness (QED) is 0.0201. The van der Waals surface area contributed by atoms with Gasteiger partial charge in [-0.05, 0) is 83.5 Å². The summed E-state index contributed by atoms with van der Waals surface area (Å²) >= 11 is 0. The average Bonchev–Trinajstić information content (AvgIpc) is 3.29. The van der Waals surface area contributed by atoms with Crippen LogP contribution in [0.2, 0.25) is 0 Å². The number of unbranched alkanes of at least 4 members (excludes halogenated alkanes) is 10. The summed E-state index contributed by atoms with van der Waals surface area (Å²) in [5.41, 5.74) is 0. The van der Waals surface area contributed by atoms with Crippen molar-refractivity contribution in [3.05, 3.63) is 170 Å². The maximum atomic E-state index is 12.8. The van der Waals surface area contributed by atoms with Crippen molar-refractivity contribution in [2.45, 2.75) is 162 Å². The largest absolute Gasteiger partial charge is 0.462 e. The van der Waals surface area contributed by atoms with Crippen LogP contribution in [0.15, 0.2) is 170 Å². The van der Waals surface area contributed by atoms with Crippen LogP contribution in [-0.4, -0.2) is 37.2 Å². The van der Waals surface area contributed by atoms with Crippen molar-refractivity contribution in [2.24, 2.45) is 0 Å². The third-order valence-corrected chi connectivity index (χ3v) is 9.21. The van der Waals surface area contributed by atoms with Crippen LogP contribution in [-0.2, 0) is 28.6 Å². The Labute approximate surface area is 390 Å². The summed E-state index contributed by atoms with van der Waals surface area (Å²) in [6.07, 6.45) is 74.8. The highest BCUT2D eigenvalue weighted by molar-refractivity contribution is 5.71. The molecule has 0 aliphatic heterocycles. The topological polar surface area (TPSA) is 78.9 Å². The SMILES string of the molecule is CC\C=C/C=C\C=C/C=C\C=C\C=C/CCCCCC(=O)OC(COC(=O)CCC/C=C\C/C=C\C/C=C\CC)COC(=O)CCCCCCC\C=C/C=C\C=C/C=C\C=C/CCC. The molecule has 0 aromatic rings. The van der Waals surface area contributed by atoms with E-state index < -0.39 is 6.10 Å².